The number of hydrogen-bond donors (Lipinski definition) is 2. The molecule has 0 bridgehead atoms. The third kappa shape index (κ3) is 4.23. The van der Waals surface area contributed by atoms with Crippen LogP contribution in [0.5, 0.6) is 0 Å². The van der Waals surface area contributed by atoms with E-state index in [1.54, 1.807) is 24.4 Å². The lowest BCUT2D eigenvalue weighted by molar-refractivity contribution is -0.137. The predicted molar refractivity (Wildman–Crippen MR) is 105 cm³/mol. The van der Waals surface area contributed by atoms with Gasteiger partial charge in [0.1, 0.15) is 0 Å². The maximum absolute atomic E-state index is 12.9. The predicted octanol–water partition coefficient (Wildman–Crippen LogP) is 4.91. The first-order valence-corrected chi connectivity index (χ1v) is 9.17. The number of aromatic nitrogens is 1. The number of benzene rings is 2. The smallest absolute Gasteiger partial charge is 0.384 e. The zero-order chi connectivity index (χ0) is 20.4. The number of rotatable bonds is 4. The average Bonchev–Trinajstić information content (AvgIpc) is 3.16. The summed E-state index contributed by atoms with van der Waals surface area (Å²) in [6.45, 7) is 0.799. The van der Waals surface area contributed by atoms with E-state index in [4.69, 9.17) is 0 Å². The zero-order valence-corrected chi connectivity index (χ0v) is 15.4. The number of alkyl halides is 3. The molecular formula is C22H18F3N3O. The Morgan fingerprint density at radius 1 is 1.07 bits per heavy atom. The average molecular weight is 397 g/mol. The molecule has 2 heterocycles. The monoisotopic (exact) mass is 397 g/mol. The van der Waals surface area contributed by atoms with Crippen molar-refractivity contribution in [1.29, 1.82) is 0 Å². The summed E-state index contributed by atoms with van der Waals surface area (Å²) in [4.78, 5) is 16.8. The summed E-state index contributed by atoms with van der Waals surface area (Å²) in [6.07, 6.45) is -0.206. The van der Waals surface area contributed by atoms with Crippen LogP contribution >= 0.6 is 0 Å². The van der Waals surface area contributed by atoms with Gasteiger partial charge >= 0.3 is 6.18 Å². The van der Waals surface area contributed by atoms with Crippen LogP contribution in [0.2, 0.25) is 0 Å². The van der Waals surface area contributed by atoms with Crippen molar-refractivity contribution in [2.75, 3.05) is 17.2 Å². The molecule has 148 valence electrons. The molecule has 29 heavy (non-hydrogen) atoms. The molecule has 1 aliphatic heterocycles. The number of carbonyl (C=O) groups is 1. The van der Waals surface area contributed by atoms with E-state index in [0.29, 0.717) is 22.4 Å². The van der Waals surface area contributed by atoms with Crippen LogP contribution in [-0.2, 0) is 19.0 Å². The van der Waals surface area contributed by atoms with Crippen molar-refractivity contribution in [2.45, 2.75) is 19.0 Å². The highest BCUT2D eigenvalue weighted by Crippen LogP contribution is 2.30. The van der Waals surface area contributed by atoms with Crippen molar-refractivity contribution in [2.24, 2.45) is 0 Å². The van der Waals surface area contributed by atoms with Gasteiger partial charge in [0.2, 0.25) is 0 Å². The molecule has 3 aromatic rings. The molecular weight excluding hydrogens is 379 g/mol. The molecule has 2 aromatic carbocycles. The lowest BCUT2D eigenvalue weighted by Crippen LogP contribution is -2.14. The first-order chi connectivity index (χ1) is 13.9. The summed E-state index contributed by atoms with van der Waals surface area (Å²) in [5.41, 5.74) is 3.61. The highest BCUT2D eigenvalue weighted by molar-refractivity contribution is 6.06. The number of carbonyl (C=O) groups excluding carboxylic acids is 1. The van der Waals surface area contributed by atoms with Gasteiger partial charge in [0.25, 0.3) is 5.91 Å². The molecule has 2 N–H and O–H groups in total. The van der Waals surface area contributed by atoms with Crippen LogP contribution < -0.4 is 10.6 Å². The van der Waals surface area contributed by atoms with Gasteiger partial charge in [-0.3, -0.25) is 9.78 Å². The van der Waals surface area contributed by atoms with Gasteiger partial charge in [-0.1, -0.05) is 24.3 Å². The molecule has 0 fully saturated rings. The van der Waals surface area contributed by atoms with Crippen LogP contribution in [0, 0.1) is 0 Å². The molecule has 0 atom stereocenters. The van der Waals surface area contributed by atoms with Crippen molar-refractivity contribution in [3.63, 3.8) is 0 Å². The molecule has 7 heteroatoms. The van der Waals surface area contributed by atoms with Crippen molar-refractivity contribution < 1.29 is 18.0 Å². The van der Waals surface area contributed by atoms with Gasteiger partial charge < -0.3 is 10.6 Å². The summed E-state index contributed by atoms with van der Waals surface area (Å²) in [5, 5.41) is 6.08. The summed E-state index contributed by atoms with van der Waals surface area (Å²) >= 11 is 0. The Balaban J connectivity index is 1.51. The minimum absolute atomic E-state index is 0.233. The van der Waals surface area contributed by atoms with Crippen LogP contribution in [0.3, 0.4) is 0 Å². The summed E-state index contributed by atoms with van der Waals surface area (Å²) < 4.78 is 38.7. The minimum Gasteiger partial charge on any atom is -0.384 e. The molecule has 4 rings (SSSR count). The molecule has 1 aromatic heterocycles. The molecule has 0 saturated heterocycles. The van der Waals surface area contributed by atoms with E-state index in [2.05, 4.69) is 15.6 Å². The second-order valence-electron chi connectivity index (χ2n) is 6.92. The van der Waals surface area contributed by atoms with E-state index in [1.807, 2.05) is 12.1 Å². The van der Waals surface area contributed by atoms with Crippen molar-refractivity contribution in [1.82, 2.24) is 4.98 Å². The van der Waals surface area contributed by atoms with Gasteiger partial charge in [-0.05, 0) is 53.8 Å². The number of halogens is 3. The number of amides is 1. The van der Waals surface area contributed by atoms with Crippen molar-refractivity contribution in [3.05, 3.63) is 88.7 Å². The Bertz CT molecular complexity index is 1060. The van der Waals surface area contributed by atoms with Gasteiger partial charge in [0, 0.05) is 24.0 Å². The third-order valence-electron chi connectivity index (χ3n) is 4.83. The summed E-state index contributed by atoms with van der Waals surface area (Å²) in [7, 11) is 0. The number of pyridine rings is 1. The Morgan fingerprint density at radius 3 is 2.72 bits per heavy atom. The zero-order valence-electron chi connectivity index (χ0n) is 15.4. The standard InChI is InChI=1S/C22H18F3N3O/c23-22(24,25)16-4-1-3-14(10-16)9-15-11-17(13-26-12-15)28-21(29)19-5-2-6-20-18(19)7-8-27-20/h1-6,10-13,27H,7-9H2,(H,28,29). The van der Waals surface area contributed by atoms with Crippen LogP contribution in [0.25, 0.3) is 0 Å². The van der Waals surface area contributed by atoms with E-state index in [-0.39, 0.29) is 12.3 Å². The highest BCUT2D eigenvalue weighted by atomic mass is 19.4. The van der Waals surface area contributed by atoms with E-state index in [0.717, 1.165) is 36.3 Å². The first kappa shape index (κ1) is 19.0. The number of anilines is 2. The molecule has 1 aliphatic rings. The van der Waals surface area contributed by atoms with Gasteiger partial charge in [-0.2, -0.15) is 13.2 Å². The van der Waals surface area contributed by atoms with E-state index in [9.17, 15) is 18.0 Å². The number of hydrogen-bond acceptors (Lipinski definition) is 3. The molecule has 0 spiro atoms. The fourth-order valence-corrected chi connectivity index (χ4v) is 3.50. The van der Waals surface area contributed by atoms with E-state index >= 15 is 0 Å². The highest BCUT2D eigenvalue weighted by Gasteiger charge is 2.30. The minimum atomic E-state index is -4.38. The van der Waals surface area contributed by atoms with Crippen molar-refractivity contribution in [3.8, 4) is 0 Å². The molecule has 0 saturated carbocycles. The SMILES string of the molecule is O=C(Nc1cncc(Cc2cccc(C(F)(F)F)c2)c1)c1cccc2c1CCN2. The Kier molecular flexibility index (Phi) is 4.96. The van der Waals surface area contributed by atoms with Crippen LogP contribution in [0.1, 0.15) is 32.6 Å². The fourth-order valence-electron chi connectivity index (χ4n) is 3.50. The molecule has 0 radical (unpaired) electrons. The number of fused-ring (bicyclic) bond motifs is 1. The second kappa shape index (κ2) is 7.58. The normalized spacial score (nSPS) is 12.9. The number of nitrogens with zero attached hydrogens (tertiary/aromatic N) is 1. The lowest BCUT2D eigenvalue weighted by atomic mass is 10.0. The fraction of sp³-hybridized carbons (Fsp3) is 0.182. The topological polar surface area (TPSA) is 54.0 Å². The van der Waals surface area contributed by atoms with Gasteiger partial charge in [0.05, 0.1) is 17.4 Å². The molecule has 0 unspecified atom stereocenters. The lowest BCUT2D eigenvalue weighted by Gasteiger charge is -2.11. The maximum atomic E-state index is 12.9. The third-order valence-corrected chi connectivity index (χ3v) is 4.83. The van der Waals surface area contributed by atoms with Gasteiger partial charge in [-0.25, -0.2) is 0 Å². The quantitative estimate of drug-likeness (QED) is 0.658. The largest absolute Gasteiger partial charge is 0.416 e. The van der Waals surface area contributed by atoms with Crippen LogP contribution in [0.15, 0.2) is 60.9 Å². The molecule has 1 amide bonds. The summed E-state index contributed by atoms with van der Waals surface area (Å²) in [5.74, 6) is -0.233. The summed E-state index contributed by atoms with van der Waals surface area (Å²) in [6, 6.07) is 12.5. The Hall–Kier alpha value is -3.35. The maximum Gasteiger partial charge on any atom is 0.416 e. The first-order valence-electron chi connectivity index (χ1n) is 9.17. The molecule has 4 nitrogen and oxygen atoms in total. The van der Waals surface area contributed by atoms with E-state index < -0.39 is 11.7 Å². The van der Waals surface area contributed by atoms with Crippen molar-refractivity contribution >= 4 is 17.3 Å². The Morgan fingerprint density at radius 2 is 1.90 bits per heavy atom. The Labute approximate surface area is 165 Å². The second-order valence-corrected chi connectivity index (χ2v) is 6.92. The number of nitrogens with one attached hydrogen (secondary N) is 2. The van der Waals surface area contributed by atoms with Gasteiger partial charge in [-0.15, -0.1) is 0 Å². The van der Waals surface area contributed by atoms with Crippen LogP contribution in [-0.4, -0.2) is 17.4 Å². The van der Waals surface area contributed by atoms with Crippen LogP contribution in [0.4, 0.5) is 24.5 Å². The van der Waals surface area contributed by atoms with E-state index in [1.165, 1.54) is 12.3 Å². The van der Waals surface area contributed by atoms with Gasteiger partial charge in [0.15, 0.2) is 0 Å². The molecule has 0 aliphatic carbocycles.